The van der Waals surface area contributed by atoms with Crippen molar-refractivity contribution in [1.82, 2.24) is 4.90 Å². The van der Waals surface area contributed by atoms with Gasteiger partial charge in [0.25, 0.3) is 0 Å². The molecule has 0 aliphatic rings. The minimum absolute atomic E-state index is 0. The Morgan fingerprint density at radius 2 is 0.804 bits per heavy atom. The van der Waals surface area contributed by atoms with Crippen LogP contribution in [0.15, 0.2) is 24.3 Å². The van der Waals surface area contributed by atoms with Crippen molar-refractivity contribution in [2.24, 2.45) is 0 Å². The van der Waals surface area contributed by atoms with Crippen LogP contribution in [0.3, 0.4) is 0 Å². The molecule has 0 fully saturated rings. The second-order valence-corrected chi connectivity index (χ2v) is 14.0. The normalized spacial score (nSPS) is 12.5. The van der Waals surface area contributed by atoms with Crippen molar-refractivity contribution in [1.29, 1.82) is 0 Å². The zero-order chi connectivity index (χ0) is 32.7. The van der Waals surface area contributed by atoms with E-state index in [2.05, 4.69) is 57.1 Å². The fraction of sp³-hybridized carbons (Fsp3) is 0.905. The first-order valence-corrected chi connectivity index (χ1v) is 20.3. The number of unbranched alkanes of at least 4 members (excludes halogenated alkanes) is 24. The standard InChI is InChI=1S/C42H83NO2.ClH/c1-5-7-9-11-13-15-17-19-21-23-25-27-29-31-33-35-39-44-41-42(37-38-43(3)4)45-40-36-34-32-30-28-26-24-22-20-18-16-14-12-10-8-6-2;/h19-22,42H,5-18,23-41H2,1-4H3;1H/b21-19-,22-20-;. The van der Waals surface area contributed by atoms with Crippen molar-refractivity contribution in [3.63, 3.8) is 0 Å². The summed E-state index contributed by atoms with van der Waals surface area (Å²) in [6.07, 6.45) is 48.8. The van der Waals surface area contributed by atoms with E-state index in [1.54, 1.807) is 0 Å². The van der Waals surface area contributed by atoms with Gasteiger partial charge >= 0.3 is 0 Å². The molecule has 0 aromatic carbocycles. The largest absolute Gasteiger partial charge is 0.379 e. The molecule has 1 unspecified atom stereocenters. The van der Waals surface area contributed by atoms with Crippen LogP contribution in [0.25, 0.3) is 0 Å². The summed E-state index contributed by atoms with van der Waals surface area (Å²) in [6, 6.07) is 0. The summed E-state index contributed by atoms with van der Waals surface area (Å²) in [5.74, 6) is 0. The van der Waals surface area contributed by atoms with Gasteiger partial charge in [0.05, 0.1) is 12.7 Å². The number of ether oxygens (including phenoxy) is 2. The monoisotopic (exact) mass is 670 g/mol. The summed E-state index contributed by atoms with van der Waals surface area (Å²) in [7, 11) is 4.30. The van der Waals surface area contributed by atoms with Gasteiger partial charge in [0, 0.05) is 19.8 Å². The fourth-order valence-corrected chi connectivity index (χ4v) is 5.88. The first kappa shape index (κ1) is 47.8. The quantitative estimate of drug-likeness (QED) is 0.0482. The van der Waals surface area contributed by atoms with Crippen LogP contribution in [0.4, 0.5) is 0 Å². The third-order valence-electron chi connectivity index (χ3n) is 9.01. The van der Waals surface area contributed by atoms with Crippen molar-refractivity contribution in [3.05, 3.63) is 24.3 Å². The zero-order valence-corrected chi connectivity index (χ0v) is 32.7. The van der Waals surface area contributed by atoms with E-state index in [1.807, 2.05) is 0 Å². The van der Waals surface area contributed by atoms with Crippen molar-refractivity contribution < 1.29 is 9.47 Å². The highest BCUT2D eigenvalue weighted by atomic mass is 35.5. The molecule has 0 bridgehead atoms. The smallest absolute Gasteiger partial charge is 0.0820 e. The maximum absolute atomic E-state index is 6.28. The van der Waals surface area contributed by atoms with E-state index in [1.165, 1.54) is 180 Å². The van der Waals surface area contributed by atoms with Gasteiger partial charge in [0.1, 0.15) is 0 Å². The maximum Gasteiger partial charge on any atom is 0.0820 e. The van der Waals surface area contributed by atoms with Crippen LogP contribution in [0, 0.1) is 0 Å². The number of allylic oxidation sites excluding steroid dienone is 4. The lowest BCUT2D eigenvalue weighted by atomic mass is 10.1. The molecule has 0 aromatic heterocycles. The summed E-state index contributed by atoms with van der Waals surface area (Å²) in [5.41, 5.74) is 0. The van der Waals surface area contributed by atoms with Crippen LogP contribution in [0.2, 0.25) is 0 Å². The van der Waals surface area contributed by atoms with Gasteiger partial charge in [0.2, 0.25) is 0 Å². The summed E-state index contributed by atoms with van der Waals surface area (Å²) in [6.45, 7) is 8.17. The molecule has 0 radical (unpaired) electrons. The Labute approximate surface area is 296 Å². The lowest BCUT2D eigenvalue weighted by Gasteiger charge is -2.20. The average Bonchev–Trinajstić information content (AvgIpc) is 3.04. The van der Waals surface area contributed by atoms with Crippen LogP contribution >= 0.6 is 12.4 Å². The van der Waals surface area contributed by atoms with Gasteiger partial charge in [0.15, 0.2) is 0 Å². The summed E-state index contributed by atoms with van der Waals surface area (Å²) in [4.78, 5) is 2.26. The molecule has 0 amide bonds. The number of hydrogen-bond acceptors (Lipinski definition) is 3. The average molecular weight is 671 g/mol. The number of hydrogen-bond donors (Lipinski definition) is 0. The highest BCUT2D eigenvalue weighted by Crippen LogP contribution is 2.12. The molecule has 276 valence electrons. The molecule has 4 heteroatoms. The molecular formula is C42H84ClNO2. The van der Waals surface area contributed by atoms with E-state index in [-0.39, 0.29) is 18.5 Å². The lowest BCUT2D eigenvalue weighted by molar-refractivity contribution is -0.0248. The Hall–Kier alpha value is -0.350. The summed E-state index contributed by atoms with van der Waals surface area (Å²) in [5, 5.41) is 0. The third kappa shape index (κ3) is 41.7. The SMILES string of the molecule is CCCCCCCC/C=C\CCCCCCCCOCC(CCN(C)C)OCCCCCCCC/C=C\CCCCCCCC.Cl. The summed E-state index contributed by atoms with van der Waals surface area (Å²) >= 11 is 0. The highest BCUT2D eigenvalue weighted by molar-refractivity contribution is 5.85. The van der Waals surface area contributed by atoms with Gasteiger partial charge < -0.3 is 14.4 Å². The third-order valence-corrected chi connectivity index (χ3v) is 9.01. The zero-order valence-electron chi connectivity index (χ0n) is 31.9. The van der Waals surface area contributed by atoms with E-state index in [0.717, 1.165) is 32.8 Å². The second-order valence-electron chi connectivity index (χ2n) is 14.0. The molecule has 0 rings (SSSR count). The van der Waals surface area contributed by atoms with Gasteiger partial charge in [-0.15, -0.1) is 12.4 Å². The van der Waals surface area contributed by atoms with E-state index in [0.29, 0.717) is 0 Å². The fourth-order valence-electron chi connectivity index (χ4n) is 5.88. The van der Waals surface area contributed by atoms with E-state index >= 15 is 0 Å². The predicted molar refractivity (Wildman–Crippen MR) is 210 cm³/mol. The summed E-state index contributed by atoms with van der Waals surface area (Å²) < 4.78 is 12.4. The minimum atomic E-state index is 0. The Morgan fingerprint density at radius 1 is 0.457 bits per heavy atom. The highest BCUT2D eigenvalue weighted by Gasteiger charge is 2.10. The van der Waals surface area contributed by atoms with Gasteiger partial charge in [-0.2, -0.15) is 0 Å². The van der Waals surface area contributed by atoms with Crippen molar-refractivity contribution in [2.45, 2.75) is 206 Å². The predicted octanol–water partition coefficient (Wildman–Crippen LogP) is 13.8. The molecule has 3 nitrogen and oxygen atoms in total. The molecule has 0 aliphatic heterocycles. The molecule has 0 heterocycles. The Morgan fingerprint density at radius 3 is 1.20 bits per heavy atom. The van der Waals surface area contributed by atoms with Crippen molar-refractivity contribution in [2.75, 3.05) is 40.5 Å². The Bertz CT molecular complexity index is 594. The van der Waals surface area contributed by atoms with Crippen molar-refractivity contribution >= 4 is 12.4 Å². The first-order chi connectivity index (χ1) is 22.2. The van der Waals surface area contributed by atoms with Crippen LogP contribution in [0.5, 0.6) is 0 Å². The van der Waals surface area contributed by atoms with Gasteiger partial charge in [-0.1, -0.05) is 154 Å². The van der Waals surface area contributed by atoms with Crippen LogP contribution in [-0.2, 0) is 9.47 Å². The molecular weight excluding hydrogens is 586 g/mol. The first-order valence-electron chi connectivity index (χ1n) is 20.3. The molecule has 46 heavy (non-hydrogen) atoms. The molecule has 0 saturated heterocycles. The van der Waals surface area contributed by atoms with E-state index in [4.69, 9.17) is 9.47 Å². The number of halogens is 1. The molecule has 0 N–H and O–H groups in total. The molecule has 1 atom stereocenters. The Kier molecular flexibility index (Phi) is 44.3. The van der Waals surface area contributed by atoms with Crippen LogP contribution < -0.4 is 0 Å². The molecule has 0 saturated carbocycles. The molecule has 0 aromatic rings. The lowest BCUT2D eigenvalue weighted by Crippen LogP contribution is -2.26. The molecule has 0 aliphatic carbocycles. The van der Waals surface area contributed by atoms with Crippen molar-refractivity contribution in [3.8, 4) is 0 Å². The second kappa shape index (κ2) is 42.7. The van der Waals surface area contributed by atoms with Gasteiger partial charge in [-0.3, -0.25) is 0 Å². The van der Waals surface area contributed by atoms with E-state index < -0.39 is 0 Å². The topological polar surface area (TPSA) is 21.7 Å². The van der Waals surface area contributed by atoms with Gasteiger partial charge in [-0.25, -0.2) is 0 Å². The molecule has 0 spiro atoms. The minimum Gasteiger partial charge on any atom is -0.379 e. The van der Waals surface area contributed by atoms with Gasteiger partial charge in [-0.05, 0) is 84.7 Å². The number of nitrogens with zero attached hydrogens (tertiary/aromatic N) is 1. The Balaban J connectivity index is 0. The van der Waals surface area contributed by atoms with Crippen LogP contribution in [0.1, 0.15) is 200 Å². The maximum atomic E-state index is 6.28. The van der Waals surface area contributed by atoms with Crippen LogP contribution in [-0.4, -0.2) is 51.5 Å². The number of rotatable bonds is 38. The van der Waals surface area contributed by atoms with E-state index in [9.17, 15) is 0 Å².